The second-order valence-electron chi connectivity index (χ2n) is 4.98. The van der Waals surface area contributed by atoms with Crippen LogP contribution in [0.4, 0.5) is 0 Å². The minimum Gasteiger partial charge on any atom is -0.496 e. The molecule has 19 heavy (non-hydrogen) atoms. The molecule has 0 bridgehead atoms. The fourth-order valence-electron chi connectivity index (χ4n) is 3.00. The highest BCUT2D eigenvalue weighted by atomic mass is 16.5. The summed E-state index contributed by atoms with van der Waals surface area (Å²) in [5.41, 5.74) is 2.25. The summed E-state index contributed by atoms with van der Waals surface area (Å²) in [7, 11) is 5.42. The van der Waals surface area contributed by atoms with Crippen LogP contribution in [-0.4, -0.2) is 33.9 Å². The van der Waals surface area contributed by atoms with Gasteiger partial charge >= 0.3 is 0 Å². The Morgan fingerprint density at radius 2 is 2.11 bits per heavy atom. The van der Waals surface area contributed by atoms with Gasteiger partial charge in [0.25, 0.3) is 0 Å². The molecule has 1 aliphatic rings. The first-order valence-electron chi connectivity index (χ1n) is 6.85. The van der Waals surface area contributed by atoms with Gasteiger partial charge in [0.1, 0.15) is 11.5 Å². The molecule has 4 heteroatoms. The van der Waals surface area contributed by atoms with Gasteiger partial charge in [0.05, 0.1) is 20.3 Å². The van der Waals surface area contributed by atoms with Crippen LogP contribution in [0.15, 0.2) is 12.1 Å². The van der Waals surface area contributed by atoms with Gasteiger partial charge in [-0.3, -0.25) is 0 Å². The molecule has 0 amide bonds. The number of ether oxygens (including phenoxy) is 2. The molecule has 1 aliphatic heterocycles. The molecule has 1 aromatic rings. The lowest BCUT2D eigenvalue weighted by Gasteiger charge is -2.26. The first kappa shape index (κ1) is 14.2. The molecule has 0 saturated carbocycles. The smallest absolute Gasteiger partial charge is 0.130 e. The van der Waals surface area contributed by atoms with Gasteiger partial charge in [-0.2, -0.15) is 0 Å². The topological polar surface area (TPSA) is 42.5 Å². The maximum absolute atomic E-state index is 5.61. The lowest BCUT2D eigenvalue weighted by Crippen LogP contribution is -2.36. The van der Waals surface area contributed by atoms with Gasteiger partial charge < -0.3 is 20.1 Å². The fraction of sp³-hybridized carbons (Fsp3) is 0.600. The Kier molecular flexibility index (Phi) is 4.66. The second kappa shape index (κ2) is 6.26. The standard InChI is InChI=1S/C15H24N2O2/c1-10-13(18-3)8-7-11(15(10)19-4)14(16-2)12-6-5-9-17-12/h7-8,12,14,16-17H,5-6,9H2,1-4H3. The van der Waals surface area contributed by atoms with Gasteiger partial charge in [0.2, 0.25) is 0 Å². The first-order valence-corrected chi connectivity index (χ1v) is 6.85. The molecule has 0 spiro atoms. The molecule has 1 fully saturated rings. The molecule has 2 unspecified atom stereocenters. The Balaban J connectivity index is 2.39. The van der Waals surface area contributed by atoms with Gasteiger partial charge in [-0.1, -0.05) is 0 Å². The van der Waals surface area contributed by atoms with Crippen LogP contribution in [-0.2, 0) is 0 Å². The zero-order chi connectivity index (χ0) is 13.8. The molecule has 1 heterocycles. The average molecular weight is 264 g/mol. The molecule has 4 nitrogen and oxygen atoms in total. The summed E-state index contributed by atoms with van der Waals surface area (Å²) < 4.78 is 11.0. The monoisotopic (exact) mass is 264 g/mol. The summed E-state index contributed by atoms with van der Waals surface area (Å²) in [4.78, 5) is 0. The predicted octanol–water partition coefficient (Wildman–Crippen LogP) is 2.02. The van der Waals surface area contributed by atoms with E-state index < -0.39 is 0 Å². The van der Waals surface area contributed by atoms with E-state index in [9.17, 15) is 0 Å². The summed E-state index contributed by atoms with van der Waals surface area (Å²) in [6.07, 6.45) is 2.43. The highest BCUT2D eigenvalue weighted by molar-refractivity contribution is 5.51. The molecule has 106 valence electrons. The van der Waals surface area contributed by atoms with Crippen molar-refractivity contribution in [2.45, 2.75) is 31.8 Å². The SMILES string of the molecule is CNC(c1ccc(OC)c(C)c1OC)C1CCCN1. The van der Waals surface area contributed by atoms with Crippen molar-refractivity contribution in [1.29, 1.82) is 0 Å². The normalized spacial score (nSPS) is 20.3. The summed E-state index contributed by atoms with van der Waals surface area (Å²) in [5, 5.41) is 6.97. The summed E-state index contributed by atoms with van der Waals surface area (Å²) in [6, 6.07) is 4.85. The van der Waals surface area contributed by atoms with Crippen molar-refractivity contribution in [2.24, 2.45) is 0 Å². The van der Waals surface area contributed by atoms with Crippen molar-refractivity contribution < 1.29 is 9.47 Å². The highest BCUT2D eigenvalue weighted by Gasteiger charge is 2.28. The number of methoxy groups -OCH3 is 2. The molecular formula is C15H24N2O2. The van der Waals surface area contributed by atoms with Crippen LogP contribution >= 0.6 is 0 Å². The molecular weight excluding hydrogens is 240 g/mol. The molecule has 1 aromatic carbocycles. The Hall–Kier alpha value is -1.26. The minimum absolute atomic E-state index is 0.266. The van der Waals surface area contributed by atoms with E-state index in [1.807, 2.05) is 20.0 Å². The molecule has 0 radical (unpaired) electrons. The van der Waals surface area contributed by atoms with Gasteiger partial charge in [0, 0.05) is 17.2 Å². The molecule has 2 atom stereocenters. The third-order valence-corrected chi connectivity index (χ3v) is 3.96. The highest BCUT2D eigenvalue weighted by Crippen LogP contribution is 2.36. The maximum atomic E-state index is 5.61. The van der Waals surface area contributed by atoms with Crippen molar-refractivity contribution >= 4 is 0 Å². The van der Waals surface area contributed by atoms with Crippen LogP contribution in [0.5, 0.6) is 11.5 Å². The number of benzene rings is 1. The number of likely N-dealkylation sites (N-methyl/N-ethyl adjacent to an activating group) is 1. The second-order valence-corrected chi connectivity index (χ2v) is 4.98. The number of nitrogens with one attached hydrogen (secondary N) is 2. The van der Waals surface area contributed by atoms with Crippen LogP contribution in [0.3, 0.4) is 0 Å². The zero-order valence-electron chi connectivity index (χ0n) is 12.2. The van der Waals surface area contributed by atoms with E-state index in [2.05, 4.69) is 16.7 Å². The van der Waals surface area contributed by atoms with Gasteiger partial charge in [-0.05, 0) is 45.5 Å². The third-order valence-electron chi connectivity index (χ3n) is 3.96. The predicted molar refractivity (Wildman–Crippen MR) is 77.1 cm³/mol. The number of hydrogen-bond acceptors (Lipinski definition) is 4. The van der Waals surface area contributed by atoms with Crippen LogP contribution < -0.4 is 20.1 Å². The minimum atomic E-state index is 0.266. The fourth-order valence-corrected chi connectivity index (χ4v) is 3.00. The van der Waals surface area contributed by atoms with Crippen molar-refractivity contribution in [1.82, 2.24) is 10.6 Å². The summed E-state index contributed by atoms with van der Waals surface area (Å²) >= 11 is 0. The van der Waals surface area contributed by atoms with Crippen molar-refractivity contribution in [3.8, 4) is 11.5 Å². The Labute approximate surface area is 115 Å². The first-order chi connectivity index (χ1) is 9.22. The number of hydrogen-bond donors (Lipinski definition) is 2. The molecule has 2 rings (SSSR count). The summed E-state index contributed by atoms with van der Waals surface area (Å²) in [6.45, 7) is 3.14. The number of rotatable bonds is 5. The van der Waals surface area contributed by atoms with E-state index in [0.717, 1.165) is 23.6 Å². The van der Waals surface area contributed by atoms with Crippen molar-refractivity contribution in [2.75, 3.05) is 27.8 Å². The van der Waals surface area contributed by atoms with Crippen LogP contribution in [0.25, 0.3) is 0 Å². The van der Waals surface area contributed by atoms with E-state index in [1.54, 1.807) is 14.2 Å². The van der Waals surface area contributed by atoms with Crippen LogP contribution in [0.2, 0.25) is 0 Å². The molecule has 1 saturated heterocycles. The van der Waals surface area contributed by atoms with Crippen molar-refractivity contribution in [3.05, 3.63) is 23.3 Å². The van der Waals surface area contributed by atoms with E-state index in [1.165, 1.54) is 18.4 Å². The maximum Gasteiger partial charge on any atom is 0.130 e. The van der Waals surface area contributed by atoms with E-state index >= 15 is 0 Å². The van der Waals surface area contributed by atoms with Crippen LogP contribution in [0, 0.1) is 6.92 Å². The zero-order valence-corrected chi connectivity index (χ0v) is 12.2. The van der Waals surface area contributed by atoms with Gasteiger partial charge in [-0.15, -0.1) is 0 Å². The Bertz CT molecular complexity index is 428. The third kappa shape index (κ3) is 2.69. The lowest BCUT2D eigenvalue weighted by atomic mass is 9.95. The molecule has 0 aliphatic carbocycles. The Morgan fingerprint density at radius 3 is 2.63 bits per heavy atom. The van der Waals surface area contributed by atoms with Crippen molar-refractivity contribution in [3.63, 3.8) is 0 Å². The van der Waals surface area contributed by atoms with Crippen LogP contribution in [0.1, 0.15) is 30.0 Å². The van der Waals surface area contributed by atoms with E-state index in [0.29, 0.717) is 6.04 Å². The van der Waals surface area contributed by atoms with E-state index in [4.69, 9.17) is 9.47 Å². The molecule has 2 N–H and O–H groups in total. The van der Waals surface area contributed by atoms with Gasteiger partial charge in [-0.25, -0.2) is 0 Å². The quantitative estimate of drug-likeness (QED) is 0.854. The lowest BCUT2D eigenvalue weighted by molar-refractivity contribution is 0.369. The Morgan fingerprint density at radius 1 is 1.32 bits per heavy atom. The molecule has 0 aromatic heterocycles. The van der Waals surface area contributed by atoms with E-state index in [-0.39, 0.29) is 6.04 Å². The van der Waals surface area contributed by atoms with Gasteiger partial charge in [0.15, 0.2) is 0 Å². The average Bonchev–Trinajstić information content (AvgIpc) is 2.94. The largest absolute Gasteiger partial charge is 0.496 e. The summed E-state index contributed by atoms with van der Waals surface area (Å²) in [5.74, 6) is 1.79.